The Bertz CT molecular complexity index is 498. The first-order chi connectivity index (χ1) is 9.95. The number of nitrogens with zero attached hydrogens (tertiary/aromatic N) is 1. The quantitative estimate of drug-likeness (QED) is 0.634. The second kappa shape index (κ2) is 9.15. The first kappa shape index (κ1) is 18.1. The lowest BCUT2D eigenvalue weighted by Crippen LogP contribution is -2.31. The Labute approximate surface area is 128 Å². The Morgan fingerprint density at radius 3 is 2.29 bits per heavy atom. The zero-order chi connectivity index (χ0) is 15.7. The van der Waals surface area contributed by atoms with Gasteiger partial charge in [-0.05, 0) is 57.7 Å². The second-order valence-electron chi connectivity index (χ2n) is 5.35. The van der Waals surface area contributed by atoms with Crippen LogP contribution in [-0.4, -0.2) is 53.6 Å². The molecule has 5 nitrogen and oxygen atoms in total. The minimum atomic E-state index is -3.39. The molecule has 1 rings (SSSR count). The molecule has 1 aromatic rings. The largest absolute Gasteiger partial charge is 0.316 e. The molecule has 21 heavy (non-hydrogen) atoms. The predicted octanol–water partition coefficient (Wildman–Crippen LogP) is 1.07. The van der Waals surface area contributed by atoms with E-state index in [1.807, 2.05) is 31.1 Å². The molecule has 0 aliphatic heterocycles. The Morgan fingerprint density at radius 2 is 1.71 bits per heavy atom. The van der Waals surface area contributed by atoms with Crippen molar-refractivity contribution in [2.75, 3.05) is 40.3 Å². The van der Waals surface area contributed by atoms with Crippen molar-refractivity contribution in [3.05, 3.63) is 29.8 Å². The lowest BCUT2D eigenvalue weighted by atomic mass is 10.1. The predicted molar refractivity (Wildman–Crippen MR) is 87.0 cm³/mol. The molecular formula is C15H27N3O2S. The van der Waals surface area contributed by atoms with Gasteiger partial charge in [-0.15, -0.1) is 0 Å². The molecule has 120 valence electrons. The van der Waals surface area contributed by atoms with E-state index in [2.05, 4.69) is 17.0 Å². The first-order valence-electron chi connectivity index (χ1n) is 7.39. The van der Waals surface area contributed by atoms with E-state index in [1.165, 1.54) is 0 Å². The molecule has 0 aromatic heterocycles. The summed E-state index contributed by atoms with van der Waals surface area (Å²) in [5.41, 5.74) is 1.14. The minimum Gasteiger partial charge on any atom is -0.316 e. The first-order valence-corrected chi connectivity index (χ1v) is 8.88. The summed E-state index contributed by atoms with van der Waals surface area (Å²) in [6.45, 7) is 5.16. The maximum atomic E-state index is 12.1. The van der Waals surface area contributed by atoms with E-state index in [-0.39, 0.29) is 0 Å². The molecule has 2 N–H and O–H groups in total. The molecule has 1 aromatic carbocycles. The summed E-state index contributed by atoms with van der Waals surface area (Å²) in [5, 5.41) is 3.33. The maximum absolute atomic E-state index is 12.1. The molecule has 0 unspecified atom stereocenters. The number of nitrogens with one attached hydrogen (secondary N) is 2. The highest BCUT2D eigenvalue weighted by Crippen LogP contribution is 2.10. The molecule has 0 saturated heterocycles. The Morgan fingerprint density at radius 1 is 1.05 bits per heavy atom. The van der Waals surface area contributed by atoms with Crippen LogP contribution in [-0.2, 0) is 16.4 Å². The van der Waals surface area contributed by atoms with Gasteiger partial charge in [-0.3, -0.25) is 0 Å². The molecule has 0 amide bonds. The summed E-state index contributed by atoms with van der Waals surface area (Å²) in [6.07, 6.45) is 2.03. The van der Waals surface area contributed by atoms with Crippen LogP contribution in [0.15, 0.2) is 29.2 Å². The third-order valence-corrected chi connectivity index (χ3v) is 4.58. The number of sulfonamides is 1. The van der Waals surface area contributed by atoms with E-state index < -0.39 is 10.0 Å². The van der Waals surface area contributed by atoms with Gasteiger partial charge in [-0.2, -0.15) is 0 Å². The fourth-order valence-electron chi connectivity index (χ4n) is 1.86. The van der Waals surface area contributed by atoms with Crippen LogP contribution in [0.2, 0.25) is 0 Å². The maximum Gasteiger partial charge on any atom is 0.240 e. The fourth-order valence-corrected chi connectivity index (χ4v) is 2.88. The van der Waals surface area contributed by atoms with E-state index in [0.717, 1.165) is 31.5 Å². The molecule has 0 bridgehead atoms. The highest BCUT2D eigenvalue weighted by atomic mass is 32.2. The standard InChI is InChI=1S/C15H27N3O2S/c1-4-10-16-11-9-14-5-7-15(8-6-14)21(19,20)17-12-13-18(2)3/h5-8,16-17H,4,9-13H2,1-3H3. The zero-order valence-electron chi connectivity index (χ0n) is 13.2. The summed E-state index contributed by atoms with van der Waals surface area (Å²) in [7, 11) is 0.431. The van der Waals surface area contributed by atoms with Gasteiger partial charge in [0.25, 0.3) is 0 Å². The second-order valence-corrected chi connectivity index (χ2v) is 7.11. The fraction of sp³-hybridized carbons (Fsp3) is 0.600. The van der Waals surface area contributed by atoms with Crippen LogP contribution in [0, 0.1) is 0 Å². The van der Waals surface area contributed by atoms with E-state index in [0.29, 0.717) is 18.0 Å². The van der Waals surface area contributed by atoms with Gasteiger partial charge in [0.2, 0.25) is 10.0 Å². The van der Waals surface area contributed by atoms with Crippen LogP contribution >= 0.6 is 0 Å². The number of benzene rings is 1. The van der Waals surface area contributed by atoms with Crippen molar-refractivity contribution < 1.29 is 8.42 Å². The van der Waals surface area contributed by atoms with Crippen LogP contribution in [0.1, 0.15) is 18.9 Å². The van der Waals surface area contributed by atoms with Crippen molar-refractivity contribution in [1.29, 1.82) is 0 Å². The van der Waals surface area contributed by atoms with E-state index in [4.69, 9.17) is 0 Å². The van der Waals surface area contributed by atoms with Crippen LogP contribution < -0.4 is 10.0 Å². The molecule has 0 saturated carbocycles. The van der Waals surface area contributed by atoms with Gasteiger partial charge in [-0.1, -0.05) is 19.1 Å². The third kappa shape index (κ3) is 7.04. The van der Waals surface area contributed by atoms with Gasteiger partial charge in [0.15, 0.2) is 0 Å². The van der Waals surface area contributed by atoms with Crippen molar-refractivity contribution >= 4 is 10.0 Å². The number of likely N-dealkylation sites (N-methyl/N-ethyl adjacent to an activating group) is 1. The monoisotopic (exact) mass is 313 g/mol. The van der Waals surface area contributed by atoms with Gasteiger partial charge in [0.1, 0.15) is 0 Å². The van der Waals surface area contributed by atoms with E-state index in [1.54, 1.807) is 12.1 Å². The molecule has 0 spiro atoms. The average molecular weight is 313 g/mol. The highest BCUT2D eigenvalue weighted by molar-refractivity contribution is 7.89. The van der Waals surface area contributed by atoms with Gasteiger partial charge in [0, 0.05) is 13.1 Å². The molecule has 6 heteroatoms. The van der Waals surface area contributed by atoms with Gasteiger partial charge in [0.05, 0.1) is 4.90 Å². The number of hydrogen-bond acceptors (Lipinski definition) is 4. The Balaban J connectivity index is 2.52. The van der Waals surface area contributed by atoms with E-state index >= 15 is 0 Å². The van der Waals surface area contributed by atoms with Crippen LogP contribution in [0.3, 0.4) is 0 Å². The van der Waals surface area contributed by atoms with Crippen LogP contribution in [0.5, 0.6) is 0 Å². The summed E-state index contributed by atoms with van der Waals surface area (Å²) in [6, 6.07) is 7.11. The topological polar surface area (TPSA) is 61.4 Å². The summed E-state index contributed by atoms with van der Waals surface area (Å²) in [4.78, 5) is 2.26. The molecule has 0 aliphatic rings. The molecule has 0 aliphatic carbocycles. The lowest BCUT2D eigenvalue weighted by Gasteiger charge is -2.11. The zero-order valence-corrected chi connectivity index (χ0v) is 14.0. The summed E-state index contributed by atoms with van der Waals surface area (Å²) in [5.74, 6) is 0. The molecule has 0 atom stereocenters. The SMILES string of the molecule is CCCNCCc1ccc(S(=O)(=O)NCCN(C)C)cc1. The van der Waals surface area contributed by atoms with Gasteiger partial charge < -0.3 is 10.2 Å². The average Bonchev–Trinajstić information content (AvgIpc) is 2.43. The number of hydrogen-bond donors (Lipinski definition) is 2. The Kier molecular flexibility index (Phi) is 7.88. The normalized spacial score (nSPS) is 12.0. The summed E-state index contributed by atoms with van der Waals surface area (Å²) >= 11 is 0. The van der Waals surface area contributed by atoms with Crippen LogP contribution in [0.4, 0.5) is 0 Å². The molecular weight excluding hydrogens is 286 g/mol. The van der Waals surface area contributed by atoms with E-state index in [9.17, 15) is 8.42 Å². The number of rotatable bonds is 10. The highest BCUT2D eigenvalue weighted by Gasteiger charge is 2.12. The Hall–Kier alpha value is -0.950. The summed E-state index contributed by atoms with van der Waals surface area (Å²) < 4.78 is 26.8. The van der Waals surface area contributed by atoms with Gasteiger partial charge >= 0.3 is 0 Å². The van der Waals surface area contributed by atoms with Gasteiger partial charge in [-0.25, -0.2) is 13.1 Å². The van der Waals surface area contributed by atoms with Crippen molar-refractivity contribution in [3.8, 4) is 0 Å². The molecule has 0 heterocycles. The third-order valence-electron chi connectivity index (χ3n) is 3.10. The van der Waals surface area contributed by atoms with Crippen molar-refractivity contribution in [1.82, 2.24) is 14.9 Å². The molecule has 0 fully saturated rings. The van der Waals surface area contributed by atoms with Crippen LogP contribution in [0.25, 0.3) is 0 Å². The minimum absolute atomic E-state index is 0.325. The lowest BCUT2D eigenvalue weighted by molar-refractivity contribution is 0.412. The van der Waals surface area contributed by atoms with Crippen molar-refractivity contribution in [3.63, 3.8) is 0 Å². The smallest absolute Gasteiger partial charge is 0.240 e. The van der Waals surface area contributed by atoms with Crippen molar-refractivity contribution in [2.45, 2.75) is 24.7 Å². The molecule has 0 radical (unpaired) electrons. The van der Waals surface area contributed by atoms with Crippen molar-refractivity contribution in [2.24, 2.45) is 0 Å².